The number of carbonyl (C=O) groups excluding carboxylic acids is 1. The van der Waals surface area contributed by atoms with Crippen LogP contribution in [0.1, 0.15) is 28.4 Å². The summed E-state index contributed by atoms with van der Waals surface area (Å²) in [5.41, 5.74) is 0.174. The molecule has 6 nitrogen and oxygen atoms in total. The first kappa shape index (κ1) is 20.6. The number of hydrogen-bond acceptors (Lipinski definition) is 4. The molecule has 9 heteroatoms. The molecule has 1 saturated heterocycles. The molecule has 1 aromatic heterocycles. The number of likely N-dealkylation sites (tertiary alicyclic amines) is 1. The zero-order chi connectivity index (χ0) is 22.1. The molecule has 31 heavy (non-hydrogen) atoms. The third-order valence-corrected chi connectivity index (χ3v) is 5.19. The van der Waals surface area contributed by atoms with Crippen LogP contribution in [0.5, 0.6) is 5.75 Å². The Balaban J connectivity index is 1.56. The molecule has 160 valence electrons. The van der Waals surface area contributed by atoms with Gasteiger partial charge in [0.1, 0.15) is 11.6 Å². The molecule has 2 heterocycles. The van der Waals surface area contributed by atoms with Gasteiger partial charge in [0.05, 0.1) is 18.8 Å². The van der Waals surface area contributed by atoms with E-state index in [1.165, 1.54) is 71.3 Å². The van der Waals surface area contributed by atoms with Crippen molar-refractivity contribution in [2.24, 2.45) is 0 Å². The van der Waals surface area contributed by atoms with Crippen LogP contribution in [0.25, 0.3) is 11.3 Å². The molecule has 0 bridgehead atoms. The van der Waals surface area contributed by atoms with Gasteiger partial charge < -0.3 is 9.64 Å². The van der Waals surface area contributed by atoms with E-state index in [1.54, 1.807) is 0 Å². The lowest BCUT2D eigenvalue weighted by molar-refractivity contribution is 0.0484. The number of rotatable bonds is 5. The molecule has 1 fully saturated rings. The molecule has 1 aliphatic heterocycles. The smallest absolute Gasteiger partial charge is 0.267 e. The zero-order valence-corrected chi connectivity index (χ0v) is 16.5. The maximum absolute atomic E-state index is 13.5. The van der Waals surface area contributed by atoms with E-state index in [9.17, 15) is 22.8 Å². The van der Waals surface area contributed by atoms with Crippen molar-refractivity contribution in [1.29, 1.82) is 0 Å². The lowest BCUT2D eigenvalue weighted by atomic mass is 10.0. The molecule has 0 spiro atoms. The first-order valence-electron chi connectivity index (χ1n) is 9.49. The van der Waals surface area contributed by atoms with Crippen molar-refractivity contribution in [3.63, 3.8) is 0 Å². The predicted molar refractivity (Wildman–Crippen MR) is 107 cm³/mol. The fraction of sp³-hybridized carbons (Fsp3) is 0.227. The van der Waals surface area contributed by atoms with Crippen molar-refractivity contribution in [2.75, 3.05) is 20.2 Å². The van der Waals surface area contributed by atoms with Crippen LogP contribution in [0.2, 0.25) is 0 Å². The number of halogens is 3. The number of carbonyl (C=O) groups is 1. The van der Waals surface area contributed by atoms with Crippen LogP contribution in [0.15, 0.2) is 59.4 Å². The van der Waals surface area contributed by atoms with Gasteiger partial charge in [0.15, 0.2) is 0 Å². The number of amides is 1. The van der Waals surface area contributed by atoms with Crippen molar-refractivity contribution >= 4 is 5.91 Å². The first-order valence-corrected chi connectivity index (χ1v) is 9.49. The fourth-order valence-corrected chi connectivity index (χ4v) is 3.54. The van der Waals surface area contributed by atoms with Gasteiger partial charge in [0, 0.05) is 41.9 Å². The number of hydrogen-bond donors (Lipinski definition) is 0. The van der Waals surface area contributed by atoms with Gasteiger partial charge >= 0.3 is 0 Å². The monoisotopic (exact) mass is 429 g/mol. The van der Waals surface area contributed by atoms with Gasteiger partial charge in [-0.15, -0.1) is 0 Å². The van der Waals surface area contributed by atoms with Crippen LogP contribution >= 0.6 is 0 Å². The summed E-state index contributed by atoms with van der Waals surface area (Å²) in [4.78, 5) is 26.4. The Hall–Kier alpha value is -3.62. The minimum atomic E-state index is -2.76. The number of nitrogens with zero attached hydrogens (tertiary/aromatic N) is 3. The van der Waals surface area contributed by atoms with E-state index in [0.717, 1.165) is 0 Å². The lowest BCUT2D eigenvalue weighted by Crippen LogP contribution is -2.53. The SMILES string of the molecule is COc1cc(F)ccc1-c1ccc(=O)n(C2CN(C(=O)c3ccccc3C(F)F)C2)n1. The quantitative estimate of drug-likeness (QED) is 0.621. The van der Waals surface area contributed by atoms with E-state index in [4.69, 9.17) is 4.74 Å². The van der Waals surface area contributed by atoms with Gasteiger partial charge in [-0.2, -0.15) is 5.10 Å². The normalized spacial score (nSPS) is 13.9. The van der Waals surface area contributed by atoms with Crippen LogP contribution in [0.3, 0.4) is 0 Å². The molecule has 3 aromatic rings. The second-order valence-electron chi connectivity index (χ2n) is 7.10. The molecule has 4 rings (SSSR count). The second-order valence-corrected chi connectivity index (χ2v) is 7.10. The van der Waals surface area contributed by atoms with E-state index in [1.807, 2.05) is 0 Å². The van der Waals surface area contributed by atoms with E-state index < -0.39 is 24.2 Å². The van der Waals surface area contributed by atoms with Gasteiger partial charge in [0.2, 0.25) is 0 Å². The van der Waals surface area contributed by atoms with Crippen molar-refractivity contribution < 1.29 is 22.7 Å². The largest absolute Gasteiger partial charge is 0.496 e. The van der Waals surface area contributed by atoms with Crippen molar-refractivity contribution in [3.05, 3.63) is 81.9 Å². The van der Waals surface area contributed by atoms with E-state index in [2.05, 4.69) is 5.10 Å². The summed E-state index contributed by atoms with van der Waals surface area (Å²) in [5.74, 6) is -0.713. The molecule has 0 unspecified atom stereocenters. The highest BCUT2D eigenvalue weighted by Crippen LogP contribution is 2.30. The first-order chi connectivity index (χ1) is 14.9. The number of alkyl halides is 2. The zero-order valence-electron chi connectivity index (χ0n) is 16.5. The Labute approximate surface area is 175 Å². The standard InChI is InChI=1S/C22H18F3N3O3/c1-31-19-10-13(23)6-7-17(19)18-8-9-20(29)28(26-18)14-11-27(12-14)22(30)16-5-3-2-4-15(16)21(24)25/h2-10,14,21H,11-12H2,1H3. The molecule has 0 saturated carbocycles. The maximum atomic E-state index is 13.5. The maximum Gasteiger partial charge on any atom is 0.267 e. The van der Waals surface area contributed by atoms with E-state index in [0.29, 0.717) is 11.3 Å². The Morgan fingerprint density at radius 3 is 2.58 bits per heavy atom. The van der Waals surface area contributed by atoms with Crippen LogP contribution in [0.4, 0.5) is 13.2 Å². The summed E-state index contributed by atoms with van der Waals surface area (Å²) in [5, 5.41) is 4.36. The molecular formula is C22H18F3N3O3. The van der Waals surface area contributed by atoms with Crippen LogP contribution < -0.4 is 10.3 Å². The van der Waals surface area contributed by atoms with Crippen molar-refractivity contribution in [2.45, 2.75) is 12.5 Å². The van der Waals surface area contributed by atoms with Crippen molar-refractivity contribution in [1.82, 2.24) is 14.7 Å². The molecule has 2 aromatic carbocycles. The Morgan fingerprint density at radius 1 is 1.13 bits per heavy atom. The number of aromatic nitrogens is 2. The van der Waals surface area contributed by atoms with Gasteiger partial charge in [-0.3, -0.25) is 9.59 Å². The Bertz CT molecular complexity index is 1190. The molecule has 0 N–H and O–H groups in total. The molecule has 1 aliphatic rings. The van der Waals surface area contributed by atoms with Gasteiger partial charge in [-0.05, 0) is 24.3 Å². The molecule has 0 atom stereocenters. The molecule has 0 aliphatic carbocycles. The third-order valence-electron chi connectivity index (χ3n) is 5.19. The summed E-state index contributed by atoms with van der Waals surface area (Å²) in [6.07, 6.45) is -2.76. The molecular weight excluding hydrogens is 411 g/mol. The highest BCUT2D eigenvalue weighted by Gasteiger charge is 2.35. The third kappa shape index (κ3) is 3.90. The van der Waals surface area contributed by atoms with E-state index >= 15 is 0 Å². The van der Waals surface area contributed by atoms with Crippen LogP contribution in [0, 0.1) is 5.82 Å². The lowest BCUT2D eigenvalue weighted by Gasteiger charge is -2.39. The van der Waals surface area contributed by atoms with Crippen molar-refractivity contribution in [3.8, 4) is 17.0 Å². The fourth-order valence-electron chi connectivity index (χ4n) is 3.54. The average Bonchev–Trinajstić information content (AvgIpc) is 2.73. The Kier molecular flexibility index (Phi) is 5.50. The number of ether oxygens (including phenoxy) is 1. The van der Waals surface area contributed by atoms with Crippen LogP contribution in [-0.2, 0) is 0 Å². The predicted octanol–water partition coefficient (Wildman–Crippen LogP) is 3.69. The molecule has 0 radical (unpaired) electrons. The van der Waals surface area contributed by atoms with Gasteiger partial charge in [0.25, 0.3) is 17.9 Å². The summed E-state index contributed by atoms with van der Waals surface area (Å²) >= 11 is 0. The van der Waals surface area contributed by atoms with Crippen LogP contribution in [-0.4, -0.2) is 40.8 Å². The number of benzene rings is 2. The summed E-state index contributed by atoms with van der Waals surface area (Å²) < 4.78 is 46.3. The molecule has 1 amide bonds. The summed E-state index contributed by atoms with van der Waals surface area (Å²) in [6.45, 7) is 0.320. The Morgan fingerprint density at radius 2 is 1.87 bits per heavy atom. The van der Waals surface area contributed by atoms with Gasteiger partial charge in [-0.25, -0.2) is 17.9 Å². The summed E-state index contributed by atoms with van der Waals surface area (Å²) in [6, 6.07) is 12.0. The minimum Gasteiger partial charge on any atom is -0.496 e. The van der Waals surface area contributed by atoms with E-state index in [-0.39, 0.29) is 35.5 Å². The summed E-state index contributed by atoms with van der Waals surface area (Å²) in [7, 11) is 1.40. The highest BCUT2D eigenvalue weighted by molar-refractivity contribution is 5.96. The topological polar surface area (TPSA) is 64.4 Å². The van der Waals surface area contributed by atoms with Gasteiger partial charge in [-0.1, -0.05) is 18.2 Å². The second kappa shape index (κ2) is 8.25. The average molecular weight is 429 g/mol. The minimum absolute atomic E-state index is 0.0546. The highest BCUT2D eigenvalue weighted by atomic mass is 19.3. The number of methoxy groups -OCH3 is 1.